The van der Waals surface area contributed by atoms with E-state index in [0.29, 0.717) is 12.1 Å². The summed E-state index contributed by atoms with van der Waals surface area (Å²) in [6, 6.07) is 1.19. The highest BCUT2D eigenvalue weighted by atomic mass is 16.5. The molecule has 2 heteroatoms. The van der Waals surface area contributed by atoms with E-state index >= 15 is 0 Å². The van der Waals surface area contributed by atoms with Crippen LogP contribution in [-0.2, 0) is 4.74 Å². The zero-order chi connectivity index (χ0) is 12.2. The van der Waals surface area contributed by atoms with E-state index in [4.69, 9.17) is 4.74 Å². The Labute approximate surface area is 101 Å². The van der Waals surface area contributed by atoms with Gasteiger partial charge in [0.1, 0.15) is 0 Å². The molecular weight excluding hydrogens is 198 g/mol. The highest BCUT2D eigenvalue weighted by Crippen LogP contribution is 2.28. The third-order valence-electron chi connectivity index (χ3n) is 4.00. The molecule has 16 heavy (non-hydrogen) atoms. The van der Waals surface area contributed by atoms with Gasteiger partial charge in [-0.25, -0.2) is 0 Å². The molecule has 2 unspecified atom stereocenters. The van der Waals surface area contributed by atoms with Gasteiger partial charge in [0, 0.05) is 19.2 Å². The molecule has 2 nitrogen and oxygen atoms in total. The Bertz CT molecular complexity index is 197. The minimum Gasteiger partial charge on any atom is -0.379 e. The summed E-state index contributed by atoms with van der Waals surface area (Å²) in [4.78, 5) is 0. The highest BCUT2D eigenvalue weighted by molar-refractivity contribution is 4.82. The van der Waals surface area contributed by atoms with Crippen molar-refractivity contribution in [3.63, 3.8) is 0 Å². The molecule has 96 valence electrons. The molecular formula is C14H29NO. The lowest BCUT2D eigenvalue weighted by molar-refractivity contribution is 0.00727. The van der Waals surface area contributed by atoms with Crippen molar-refractivity contribution in [3.8, 4) is 0 Å². The molecule has 1 aliphatic carbocycles. The summed E-state index contributed by atoms with van der Waals surface area (Å²) in [5.41, 5.74) is -0.0121. The minimum atomic E-state index is -0.0121. The Kier molecular flexibility index (Phi) is 5.26. The zero-order valence-electron chi connectivity index (χ0n) is 11.7. The molecule has 0 spiro atoms. The van der Waals surface area contributed by atoms with Crippen molar-refractivity contribution in [1.82, 2.24) is 5.32 Å². The van der Waals surface area contributed by atoms with Gasteiger partial charge in [-0.2, -0.15) is 0 Å². The fourth-order valence-corrected chi connectivity index (χ4v) is 2.92. The number of methoxy groups -OCH3 is 1. The Hall–Kier alpha value is -0.0800. The topological polar surface area (TPSA) is 21.3 Å². The van der Waals surface area contributed by atoms with E-state index in [1.54, 1.807) is 7.11 Å². The second kappa shape index (κ2) is 6.02. The van der Waals surface area contributed by atoms with Gasteiger partial charge in [0.15, 0.2) is 0 Å². The number of nitrogens with one attached hydrogen (secondary N) is 1. The molecule has 0 aromatic rings. The van der Waals surface area contributed by atoms with E-state index in [0.717, 1.165) is 12.3 Å². The number of hydrogen-bond donors (Lipinski definition) is 1. The maximum Gasteiger partial charge on any atom is 0.0637 e. The summed E-state index contributed by atoms with van der Waals surface area (Å²) in [7, 11) is 1.80. The van der Waals surface area contributed by atoms with E-state index in [-0.39, 0.29) is 5.60 Å². The molecule has 0 amide bonds. The van der Waals surface area contributed by atoms with Crippen LogP contribution in [-0.4, -0.2) is 24.8 Å². The normalized spacial score (nSPS) is 22.3. The smallest absolute Gasteiger partial charge is 0.0637 e. The lowest BCUT2D eigenvalue weighted by Gasteiger charge is -2.30. The van der Waals surface area contributed by atoms with E-state index in [1.807, 2.05) is 0 Å². The van der Waals surface area contributed by atoms with Crippen molar-refractivity contribution in [1.29, 1.82) is 0 Å². The molecule has 0 saturated heterocycles. The fourth-order valence-electron chi connectivity index (χ4n) is 2.92. The van der Waals surface area contributed by atoms with Crippen LogP contribution >= 0.6 is 0 Å². The first-order valence-electron chi connectivity index (χ1n) is 6.76. The Morgan fingerprint density at radius 1 is 1.25 bits per heavy atom. The maximum atomic E-state index is 5.48. The van der Waals surface area contributed by atoms with Crippen LogP contribution in [0.5, 0.6) is 0 Å². The molecule has 0 radical (unpaired) electrons. The number of hydrogen-bond acceptors (Lipinski definition) is 2. The van der Waals surface area contributed by atoms with Crippen molar-refractivity contribution in [3.05, 3.63) is 0 Å². The van der Waals surface area contributed by atoms with Crippen LogP contribution < -0.4 is 5.32 Å². The van der Waals surface area contributed by atoms with Crippen LogP contribution in [0.15, 0.2) is 0 Å². The van der Waals surface area contributed by atoms with Crippen LogP contribution in [0.25, 0.3) is 0 Å². The lowest BCUT2D eigenvalue weighted by Crippen LogP contribution is -2.42. The van der Waals surface area contributed by atoms with Gasteiger partial charge < -0.3 is 10.1 Å². The lowest BCUT2D eigenvalue weighted by atomic mass is 9.95. The van der Waals surface area contributed by atoms with Crippen LogP contribution in [0.4, 0.5) is 0 Å². The quantitative estimate of drug-likeness (QED) is 0.751. The third-order valence-corrected chi connectivity index (χ3v) is 4.00. The van der Waals surface area contributed by atoms with Crippen molar-refractivity contribution >= 4 is 0 Å². The molecule has 1 saturated carbocycles. The summed E-state index contributed by atoms with van der Waals surface area (Å²) in [6.45, 7) is 8.93. The van der Waals surface area contributed by atoms with E-state index in [2.05, 4.69) is 33.0 Å². The average Bonchev–Trinajstić information content (AvgIpc) is 2.69. The molecule has 1 N–H and O–H groups in total. The van der Waals surface area contributed by atoms with Gasteiger partial charge in [-0.05, 0) is 52.9 Å². The average molecular weight is 227 g/mol. The molecule has 0 bridgehead atoms. The number of ether oxygens (including phenoxy) is 1. The molecule has 1 fully saturated rings. The van der Waals surface area contributed by atoms with Crippen molar-refractivity contribution < 1.29 is 4.74 Å². The van der Waals surface area contributed by atoms with E-state index < -0.39 is 0 Å². The van der Waals surface area contributed by atoms with Crippen molar-refractivity contribution in [2.45, 2.75) is 77.5 Å². The maximum absolute atomic E-state index is 5.48. The molecule has 0 aromatic heterocycles. The highest BCUT2D eigenvalue weighted by Gasteiger charge is 2.25. The van der Waals surface area contributed by atoms with Gasteiger partial charge in [0.25, 0.3) is 0 Å². The molecule has 2 atom stereocenters. The second-order valence-corrected chi connectivity index (χ2v) is 6.07. The van der Waals surface area contributed by atoms with E-state index in [9.17, 15) is 0 Å². The van der Waals surface area contributed by atoms with Gasteiger partial charge in [-0.1, -0.05) is 12.8 Å². The largest absolute Gasteiger partial charge is 0.379 e. The van der Waals surface area contributed by atoms with Gasteiger partial charge in [0.05, 0.1) is 5.60 Å². The Morgan fingerprint density at radius 3 is 2.31 bits per heavy atom. The van der Waals surface area contributed by atoms with Gasteiger partial charge in [-0.3, -0.25) is 0 Å². The molecule has 1 aliphatic rings. The van der Waals surface area contributed by atoms with Crippen molar-refractivity contribution in [2.75, 3.05) is 7.11 Å². The molecule has 0 aromatic carbocycles. The summed E-state index contributed by atoms with van der Waals surface area (Å²) in [5.74, 6) is 0.896. The van der Waals surface area contributed by atoms with Gasteiger partial charge in [0.2, 0.25) is 0 Å². The summed E-state index contributed by atoms with van der Waals surface area (Å²) in [6.07, 6.45) is 6.74. The van der Waals surface area contributed by atoms with Gasteiger partial charge in [-0.15, -0.1) is 0 Å². The van der Waals surface area contributed by atoms with Crippen LogP contribution in [0, 0.1) is 5.92 Å². The predicted octanol–water partition coefficient (Wildman–Crippen LogP) is 3.36. The Morgan fingerprint density at radius 2 is 1.81 bits per heavy atom. The number of rotatable bonds is 6. The van der Waals surface area contributed by atoms with Crippen LogP contribution in [0.3, 0.4) is 0 Å². The summed E-state index contributed by atoms with van der Waals surface area (Å²) in [5, 5.41) is 3.73. The zero-order valence-corrected chi connectivity index (χ0v) is 11.7. The monoisotopic (exact) mass is 227 g/mol. The van der Waals surface area contributed by atoms with Crippen LogP contribution in [0.1, 0.15) is 59.8 Å². The Balaban J connectivity index is 2.30. The first-order chi connectivity index (χ1) is 7.44. The second-order valence-electron chi connectivity index (χ2n) is 6.07. The summed E-state index contributed by atoms with van der Waals surface area (Å²) >= 11 is 0. The predicted molar refractivity (Wildman–Crippen MR) is 69.7 cm³/mol. The standard InChI is InChI=1S/C14H29NO/c1-11(10-14(3,4)16-5)15-12(2)13-8-6-7-9-13/h11-13,15H,6-10H2,1-5H3. The fraction of sp³-hybridized carbons (Fsp3) is 1.00. The molecule has 0 aliphatic heterocycles. The first kappa shape index (κ1) is 14.0. The molecule has 0 heterocycles. The SMILES string of the molecule is COC(C)(C)CC(C)NC(C)C1CCCC1. The molecule has 1 rings (SSSR count). The summed E-state index contributed by atoms with van der Waals surface area (Å²) < 4.78 is 5.48. The minimum absolute atomic E-state index is 0.0121. The third kappa shape index (κ3) is 4.42. The first-order valence-corrected chi connectivity index (χ1v) is 6.76. The van der Waals surface area contributed by atoms with E-state index in [1.165, 1.54) is 25.7 Å². The van der Waals surface area contributed by atoms with Crippen LogP contribution in [0.2, 0.25) is 0 Å². The van der Waals surface area contributed by atoms with Gasteiger partial charge >= 0.3 is 0 Å². The van der Waals surface area contributed by atoms with Crippen molar-refractivity contribution in [2.24, 2.45) is 5.92 Å².